The molecule has 18 heavy (non-hydrogen) atoms. The maximum Gasteiger partial charge on any atom is 0.0120 e. The van der Waals surface area contributed by atoms with Crippen LogP contribution in [0.3, 0.4) is 0 Å². The average Bonchev–Trinajstić information content (AvgIpc) is 2.76. The Labute approximate surface area is 118 Å². The largest absolute Gasteiger partial charge is 0.314 e. The number of nitrogens with zero attached hydrogens (tertiary/aromatic N) is 1. The molecule has 3 rings (SSSR count). The Morgan fingerprint density at radius 3 is 2.89 bits per heavy atom. The predicted molar refractivity (Wildman–Crippen MR) is 79.3 cm³/mol. The molecule has 3 aliphatic rings. The van der Waals surface area contributed by atoms with Gasteiger partial charge in [0.1, 0.15) is 0 Å². The average molecular weight is 273 g/mol. The smallest absolute Gasteiger partial charge is 0.0120 e. The number of fused-ring (bicyclic) bond motifs is 1. The van der Waals surface area contributed by atoms with Gasteiger partial charge in [-0.1, -0.05) is 19.8 Å². The highest BCUT2D eigenvalue weighted by atomic mass is 35.5. The van der Waals surface area contributed by atoms with E-state index in [1.165, 1.54) is 64.7 Å². The van der Waals surface area contributed by atoms with Crippen LogP contribution in [0.4, 0.5) is 0 Å². The molecule has 3 fully saturated rings. The van der Waals surface area contributed by atoms with Crippen molar-refractivity contribution in [3.8, 4) is 0 Å². The zero-order valence-electron chi connectivity index (χ0n) is 11.7. The number of hydrogen-bond donors (Lipinski definition) is 1. The zero-order chi connectivity index (χ0) is 11.7. The summed E-state index contributed by atoms with van der Waals surface area (Å²) < 4.78 is 0. The third kappa shape index (κ3) is 3.40. The minimum atomic E-state index is 0. The molecule has 106 valence electrons. The molecule has 4 atom stereocenters. The maximum absolute atomic E-state index is 3.66. The summed E-state index contributed by atoms with van der Waals surface area (Å²) in [4.78, 5) is 2.77. The summed E-state index contributed by atoms with van der Waals surface area (Å²) in [6, 6.07) is 0.858. The van der Waals surface area contributed by atoms with E-state index in [1.54, 1.807) is 0 Å². The van der Waals surface area contributed by atoms with Crippen LogP contribution in [0.2, 0.25) is 0 Å². The molecule has 4 unspecified atom stereocenters. The van der Waals surface area contributed by atoms with Gasteiger partial charge < -0.3 is 10.2 Å². The van der Waals surface area contributed by atoms with Crippen molar-refractivity contribution >= 4 is 12.4 Å². The quantitative estimate of drug-likeness (QED) is 0.832. The van der Waals surface area contributed by atoms with E-state index in [0.717, 1.165) is 23.8 Å². The second-order valence-corrected chi connectivity index (χ2v) is 6.80. The molecule has 0 amide bonds. The van der Waals surface area contributed by atoms with Gasteiger partial charge in [-0.05, 0) is 56.5 Å². The molecule has 0 bridgehead atoms. The van der Waals surface area contributed by atoms with Gasteiger partial charge in [0.15, 0.2) is 0 Å². The zero-order valence-corrected chi connectivity index (χ0v) is 12.6. The van der Waals surface area contributed by atoms with Gasteiger partial charge in [0.2, 0.25) is 0 Å². The van der Waals surface area contributed by atoms with Crippen molar-refractivity contribution in [2.75, 3.05) is 26.2 Å². The van der Waals surface area contributed by atoms with Crippen LogP contribution in [0.25, 0.3) is 0 Å². The van der Waals surface area contributed by atoms with Crippen molar-refractivity contribution in [1.82, 2.24) is 10.2 Å². The number of hydrogen-bond acceptors (Lipinski definition) is 2. The Balaban J connectivity index is 0.00000120. The molecule has 1 aliphatic carbocycles. The standard InChI is InChI=1S/C15H28N2.ClH/c1-12-3-2-4-13(9-12)10-17-8-6-15-14(11-17)5-7-16-15;/h12-16H,2-11H2,1H3;1H. The van der Waals surface area contributed by atoms with E-state index >= 15 is 0 Å². The lowest BCUT2D eigenvalue weighted by atomic mass is 9.81. The molecule has 0 aromatic heterocycles. The van der Waals surface area contributed by atoms with E-state index in [1.807, 2.05) is 0 Å². The Hall–Kier alpha value is 0.210. The molecule has 2 saturated heterocycles. The second kappa shape index (κ2) is 6.58. The normalized spacial score (nSPS) is 41.2. The monoisotopic (exact) mass is 272 g/mol. The summed E-state index contributed by atoms with van der Waals surface area (Å²) >= 11 is 0. The number of rotatable bonds is 2. The first kappa shape index (κ1) is 14.6. The Morgan fingerprint density at radius 1 is 1.17 bits per heavy atom. The van der Waals surface area contributed by atoms with Gasteiger partial charge in [-0.25, -0.2) is 0 Å². The Morgan fingerprint density at radius 2 is 2.06 bits per heavy atom. The molecule has 0 aromatic carbocycles. The highest BCUT2D eigenvalue weighted by Crippen LogP contribution is 2.31. The lowest BCUT2D eigenvalue weighted by Gasteiger charge is -2.38. The highest BCUT2D eigenvalue weighted by Gasteiger charge is 2.33. The van der Waals surface area contributed by atoms with Crippen LogP contribution in [-0.2, 0) is 0 Å². The van der Waals surface area contributed by atoms with Crippen molar-refractivity contribution < 1.29 is 0 Å². The van der Waals surface area contributed by atoms with E-state index < -0.39 is 0 Å². The molecule has 0 radical (unpaired) electrons. The van der Waals surface area contributed by atoms with Gasteiger partial charge >= 0.3 is 0 Å². The first-order chi connectivity index (χ1) is 8.31. The van der Waals surface area contributed by atoms with Crippen LogP contribution in [0.1, 0.15) is 45.4 Å². The molecule has 1 N–H and O–H groups in total. The van der Waals surface area contributed by atoms with Crippen LogP contribution in [-0.4, -0.2) is 37.1 Å². The van der Waals surface area contributed by atoms with E-state index in [4.69, 9.17) is 0 Å². The number of nitrogens with one attached hydrogen (secondary N) is 1. The van der Waals surface area contributed by atoms with Gasteiger partial charge in [0.05, 0.1) is 0 Å². The number of likely N-dealkylation sites (tertiary alicyclic amines) is 1. The van der Waals surface area contributed by atoms with Crippen LogP contribution >= 0.6 is 12.4 Å². The lowest BCUT2D eigenvalue weighted by molar-refractivity contribution is 0.121. The van der Waals surface area contributed by atoms with Crippen LogP contribution < -0.4 is 5.32 Å². The fourth-order valence-electron chi connectivity index (χ4n) is 4.38. The molecule has 0 spiro atoms. The molecule has 2 nitrogen and oxygen atoms in total. The second-order valence-electron chi connectivity index (χ2n) is 6.80. The van der Waals surface area contributed by atoms with E-state index in [9.17, 15) is 0 Å². The molecular formula is C15H29ClN2. The van der Waals surface area contributed by atoms with Crippen molar-refractivity contribution in [3.63, 3.8) is 0 Å². The van der Waals surface area contributed by atoms with Crippen molar-refractivity contribution in [2.24, 2.45) is 17.8 Å². The Kier molecular flexibility index (Phi) is 5.35. The summed E-state index contributed by atoms with van der Waals surface area (Å²) in [6.45, 7) is 7.83. The van der Waals surface area contributed by atoms with Crippen LogP contribution in [0.15, 0.2) is 0 Å². The number of halogens is 1. The first-order valence-corrected chi connectivity index (χ1v) is 7.77. The Bertz CT molecular complexity index is 259. The summed E-state index contributed by atoms with van der Waals surface area (Å²) in [6.07, 6.45) is 8.75. The lowest BCUT2D eigenvalue weighted by Crippen LogP contribution is -2.46. The van der Waals surface area contributed by atoms with Crippen molar-refractivity contribution in [1.29, 1.82) is 0 Å². The topological polar surface area (TPSA) is 15.3 Å². The molecule has 3 heteroatoms. The summed E-state index contributed by atoms with van der Waals surface area (Å²) in [5.41, 5.74) is 0. The SMILES string of the molecule is CC1CCCC(CN2CCC3NCCC3C2)C1.Cl. The maximum atomic E-state index is 3.66. The van der Waals surface area contributed by atoms with Gasteiger partial charge in [-0.15, -0.1) is 12.4 Å². The fraction of sp³-hybridized carbons (Fsp3) is 1.00. The van der Waals surface area contributed by atoms with Crippen LogP contribution in [0, 0.1) is 17.8 Å². The third-order valence-electron chi connectivity index (χ3n) is 5.30. The van der Waals surface area contributed by atoms with Gasteiger partial charge in [0.25, 0.3) is 0 Å². The molecule has 0 aromatic rings. The van der Waals surface area contributed by atoms with Crippen LogP contribution in [0.5, 0.6) is 0 Å². The molecule has 2 aliphatic heterocycles. The minimum absolute atomic E-state index is 0. The third-order valence-corrected chi connectivity index (χ3v) is 5.30. The molecular weight excluding hydrogens is 244 g/mol. The minimum Gasteiger partial charge on any atom is -0.314 e. The van der Waals surface area contributed by atoms with E-state index in [2.05, 4.69) is 17.1 Å². The van der Waals surface area contributed by atoms with Crippen molar-refractivity contribution in [3.05, 3.63) is 0 Å². The first-order valence-electron chi connectivity index (χ1n) is 7.77. The summed E-state index contributed by atoms with van der Waals surface area (Å²) in [7, 11) is 0. The van der Waals surface area contributed by atoms with Gasteiger partial charge in [-0.2, -0.15) is 0 Å². The van der Waals surface area contributed by atoms with Gasteiger partial charge in [0, 0.05) is 19.1 Å². The van der Waals surface area contributed by atoms with E-state index in [0.29, 0.717) is 0 Å². The van der Waals surface area contributed by atoms with Gasteiger partial charge in [-0.3, -0.25) is 0 Å². The summed E-state index contributed by atoms with van der Waals surface area (Å²) in [5, 5.41) is 3.66. The van der Waals surface area contributed by atoms with Crippen molar-refractivity contribution in [2.45, 2.75) is 51.5 Å². The summed E-state index contributed by atoms with van der Waals surface area (Å²) in [5.74, 6) is 2.95. The predicted octanol–water partition coefficient (Wildman–Crippen LogP) is 2.92. The van der Waals surface area contributed by atoms with E-state index in [-0.39, 0.29) is 12.4 Å². The number of piperidine rings is 1. The fourth-order valence-corrected chi connectivity index (χ4v) is 4.38. The highest BCUT2D eigenvalue weighted by molar-refractivity contribution is 5.85. The molecule has 1 saturated carbocycles. The molecule has 2 heterocycles.